The Bertz CT molecular complexity index is 637. The second kappa shape index (κ2) is 10.2. The maximum absolute atomic E-state index is 7.10. The maximum Gasteiger partial charge on any atom is 0.201 e. The smallest absolute Gasteiger partial charge is 0.201 e. The number of benzene rings is 1. The van der Waals surface area contributed by atoms with Crippen molar-refractivity contribution in [2.45, 2.75) is 70.8 Å². The Hall–Kier alpha value is -1.49. The summed E-state index contributed by atoms with van der Waals surface area (Å²) in [5.74, 6) is 0. The van der Waals surface area contributed by atoms with Crippen LogP contribution in [0.3, 0.4) is 0 Å². The third-order valence-electron chi connectivity index (χ3n) is 5.63. The van der Waals surface area contributed by atoms with Crippen LogP contribution in [0.1, 0.15) is 58.8 Å². The highest BCUT2D eigenvalue weighted by atomic mass is 28.4. The molecule has 1 atom stereocenters. The van der Waals surface area contributed by atoms with Crippen LogP contribution in [0.15, 0.2) is 54.9 Å². The zero-order valence-corrected chi connectivity index (χ0v) is 18.8. The number of aromatic nitrogens is 1. The zero-order valence-electron chi connectivity index (χ0n) is 17.8. The summed E-state index contributed by atoms with van der Waals surface area (Å²) in [6.07, 6.45) is 3.79. The quantitative estimate of drug-likeness (QED) is 0.502. The number of nitrogens with zero attached hydrogens (tertiary/aromatic N) is 1. The Morgan fingerprint density at radius 1 is 0.852 bits per heavy atom. The van der Waals surface area contributed by atoms with Gasteiger partial charge in [-0.1, -0.05) is 71.9 Å². The standard InChI is InChI=1S/C23H36N2OSi/c1-18(2)27(19(3)4,20(5)6)26-23(22-12-14-24-15-13-22)17-25-16-21-10-8-7-9-11-21/h7-15,18-20,23,25H,16-17H2,1-6H3. The predicted molar refractivity (Wildman–Crippen MR) is 117 cm³/mol. The van der Waals surface area contributed by atoms with Gasteiger partial charge in [0.05, 0.1) is 6.10 Å². The Morgan fingerprint density at radius 2 is 1.41 bits per heavy atom. The van der Waals surface area contributed by atoms with Crippen LogP contribution >= 0.6 is 0 Å². The largest absolute Gasteiger partial charge is 0.408 e. The molecule has 1 N–H and O–H groups in total. The van der Waals surface area contributed by atoms with Crippen LogP contribution < -0.4 is 5.32 Å². The minimum absolute atomic E-state index is 0.0515. The summed E-state index contributed by atoms with van der Waals surface area (Å²) in [4.78, 5) is 4.19. The molecule has 1 heterocycles. The maximum atomic E-state index is 7.10. The van der Waals surface area contributed by atoms with Crippen molar-refractivity contribution in [3.8, 4) is 0 Å². The summed E-state index contributed by atoms with van der Waals surface area (Å²) in [5, 5.41) is 3.62. The molecule has 0 radical (unpaired) electrons. The van der Waals surface area contributed by atoms with E-state index in [1.165, 1.54) is 11.1 Å². The van der Waals surface area contributed by atoms with Crippen molar-refractivity contribution in [1.82, 2.24) is 10.3 Å². The van der Waals surface area contributed by atoms with Gasteiger partial charge in [0, 0.05) is 25.5 Å². The highest BCUT2D eigenvalue weighted by Gasteiger charge is 2.46. The molecular formula is C23H36N2OSi. The number of rotatable bonds is 10. The molecule has 2 rings (SSSR count). The van der Waals surface area contributed by atoms with Gasteiger partial charge in [-0.2, -0.15) is 0 Å². The Kier molecular flexibility index (Phi) is 8.21. The van der Waals surface area contributed by atoms with E-state index in [9.17, 15) is 0 Å². The van der Waals surface area contributed by atoms with Gasteiger partial charge in [0.1, 0.15) is 0 Å². The van der Waals surface area contributed by atoms with Gasteiger partial charge in [-0.3, -0.25) is 4.98 Å². The van der Waals surface area contributed by atoms with Crippen molar-refractivity contribution in [1.29, 1.82) is 0 Å². The average Bonchev–Trinajstić information content (AvgIpc) is 2.65. The third-order valence-corrected chi connectivity index (χ3v) is 11.7. The fourth-order valence-electron chi connectivity index (χ4n) is 4.40. The van der Waals surface area contributed by atoms with Crippen LogP contribution in [0.2, 0.25) is 16.6 Å². The molecule has 3 nitrogen and oxygen atoms in total. The fourth-order valence-corrected chi connectivity index (χ4v) is 9.93. The molecule has 0 spiro atoms. The van der Waals surface area contributed by atoms with E-state index in [4.69, 9.17) is 4.43 Å². The van der Waals surface area contributed by atoms with Gasteiger partial charge in [0.15, 0.2) is 0 Å². The van der Waals surface area contributed by atoms with Gasteiger partial charge in [-0.15, -0.1) is 0 Å². The summed E-state index contributed by atoms with van der Waals surface area (Å²) in [5.41, 5.74) is 4.21. The second-order valence-electron chi connectivity index (χ2n) is 8.32. The lowest BCUT2D eigenvalue weighted by atomic mass is 10.1. The lowest BCUT2D eigenvalue weighted by molar-refractivity contribution is 0.172. The van der Waals surface area contributed by atoms with Gasteiger partial charge in [0.2, 0.25) is 8.32 Å². The van der Waals surface area contributed by atoms with Crippen LogP contribution in [-0.2, 0) is 11.0 Å². The molecule has 0 amide bonds. The van der Waals surface area contributed by atoms with Crippen molar-refractivity contribution in [3.63, 3.8) is 0 Å². The minimum atomic E-state index is -1.96. The Labute approximate surface area is 166 Å². The molecule has 0 bridgehead atoms. The number of hydrogen-bond acceptors (Lipinski definition) is 3. The van der Waals surface area contributed by atoms with E-state index in [-0.39, 0.29) is 6.10 Å². The van der Waals surface area contributed by atoms with Gasteiger partial charge in [-0.25, -0.2) is 0 Å². The molecule has 0 saturated carbocycles. The summed E-state index contributed by atoms with van der Waals surface area (Å²) >= 11 is 0. The molecule has 0 aliphatic rings. The van der Waals surface area contributed by atoms with Gasteiger partial charge < -0.3 is 9.74 Å². The normalized spacial score (nSPS) is 13.5. The SMILES string of the molecule is CC(C)[Si](OC(CNCc1ccccc1)c1ccncc1)(C(C)C)C(C)C. The molecule has 0 fully saturated rings. The molecule has 2 aromatic rings. The first-order valence-corrected chi connectivity index (χ1v) is 12.3. The first-order valence-electron chi connectivity index (χ1n) is 10.2. The molecule has 0 saturated heterocycles. The minimum Gasteiger partial charge on any atom is -0.408 e. The number of nitrogens with one attached hydrogen (secondary N) is 1. The number of hydrogen-bond donors (Lipinski definition) is 1. The van der Waals surface area contributed by atoms with E-state index >= 15 is 0 Å². The highest BCUT2D eigenvalue weighted by molar-refractivity contribution is 6.77. The van der Waals surface area contributed by atoms with Crippen molar-refractivity contribution in [3.05, 3.63) is 66.0 Å². The summed E-state index contributed by atoms with van der Waals surface area (Å²) < 4.78 is 7.10. The topological polar surface area (TPSA) is 34.1 Å². The monoisotopic (exact) mass is 384 g/mol. The van der Waals surface area contributed by atoms with Crippen LogP contribution in [0, 0.1) is 0 Å². The van der Waals surface area contributed by atoms with E-state index in [1.54, 1.807) is 0 Å². The van der Waals surface area contributed by atoms with E-state index in [2.05, 4.69) is 94.3 Å². The van der Waals surface area contributed by atoms with Gasteiger partial charge >= 0.3 is 0 Å². The van der Waals surface area contributed by atoms with Crippen molar-refractivity contribution >= 4 is 8.32 Å². The first-order chi connectivity index (χ1) is 12.9. The van der Waals surface area contributed by atoms with E-state index < -0.39 is 8.32 Å². The Balaban J connectivity index is 2.21. The molecule has 1 unspecified atom stereocenters. The predicted octanol–water partition coefficient (Wildman–Crippen LogP) is 6.10. The first kappa shape index (κ1) is 21.8. The van der Waals surface area contributed by atoms with Crippen molar-refractivity contribution in [2.75, 3.05) is 6.54 Å². The highest BCUT2D eigenvalue weighted by Crippen LogP contribution is 2.44. The molecule has 148 valence electrons. The molecule has 0 aliphatic carbocycles. The molecule has 0 aliphatic heterocycles. The molecule has 1 aromatic carbocycles. The average molecular weight is 385 g/mol. The van der Waals surface area contributed by atoms with Crippen LogP contribution in [-0.4, -0.2) is 19.8 Å². The molecular weight excluding hydrogens is 348 g/mol. The molecule has 4 heteroatoms. The number of pyridine rings is 1. The molecule has 27 heavy (non-hydrogen) atoms. The lowest BCUT2D eigenvalue weighted by Crippen LogP contribution is -2.49. The summed E-state index contributed by atoms with van der Waals surface area (Å²) in [7, 11) is -1.96. The van der Waals surface area contributed by atoms with Gasteiger partial charge in [0.25, 0.3) is 0 Å². The van der Waals surface area contributed by atoms with Crippen molar-refractivity contribution in [2.24, 2.45) is 0 Å². The van der Waals surface area contributed by atoms with Crippen molar-refractivity contribution < 1.29 is 4.43 Å². The molecule has 1 aromatic heterocycles. The second-order valence-corrected chi connectivity index (χ2v) is 13.7. The van der Waals surface area contributed by atoms with E-state index in [0.717, 1.165) is 13.1 Å². The van der Waals surface area contributed by atoms with Crippen LogP contribution in [0.25, 0.3) is 0 Å². The van der Waals surface area contributed by atoms with Crippen LogP contribution in [0.5, 0.6) is 0 Å². The summed E-state index contributed by atoms with van der Waals surface area (Å²) in [6.45, 7) is 15.7. The van der Waals surface area contributed by atoms with Gasteiger partial charge in [-0.05, 0) is 39.9 Å². The lowest BCUT2D eigenvalue weighted by Gasteiger charge is -2.44. The van der Waals surface area contributed by atoms with Crippen LogP contribution in [0.4, 0.5) is 0 Å². The third kappa shape index (κ3) is 5.50. The summed E-state index contributed by atoms with van der Waals surface area (Å²) in [6, 6.07) is 14.7. The fraction of sp³-hybridized carbons (Fsp3) is 0.522. The Morgan fingerprint density at radius 3 is 1.93 bits per heavy atom. The van der Waals surface area contributed by atoms with E-state index in [1.807, 2.05) is 12.4 Å². The zero-order chi connectivity index (χ0) is 19.9. The van der Waals surface area contributed by atoms with E-state index in [0.29, 0.717) is 16.6 Å².